The SMILES string of the molecule is Cc1cc(C)c(C[C@@H](C)N2CC3CCCN(C3)C2)c(C)n1. The summed E-state index contributed by atoms with van der Waals surface area (Å²) in [5.74, 6) is 0.897. The van der Waals surface area contributed by atoms with Crippen LogP contribution in [-0.2, 0) is 6.42 Å². The predicted molar refractivity (Wildman–Crippen MR) is 87.5 cm³/mol. The number of nitrogens with zero attached hydrogens (tertiary/aromatic N) is 3. The van der Waals surface area contributed by atoms with Gasteiger partial charge < -0.3 is 0 Å². The molecule has 1 aromatic rings. The molecule has 0 amide bonds. The van der Waals surface area contributed by atoms with Crippen LogP contribution in [0.5, 0.6) is 0 Å². The van der Waals surface area contributed by atoms with Crippen LogP contribution in [0.2, 0.25) is 0 Å². The average Bonchev–Trinajstić information content (AvgIpc) is 2.42. The molecule has 1 aromatic heterocycles. The Morgan fingerprint density at radius 1 is 1.29 bits per heavy atom. The highest BCUT2D eigenvalue weighted by Gasteiger charge is 2.31. The number of hydrogen-bond acceptors (Lipinski definition) is 3. The van der Waals surface area contributed by atoms with Gasteiger partial charge in [0.05, 0.1) is 6.67 Å². The molecular weight excluding hydrogens is 258 g/mol. The fraction of sp³-hybridized carbons (Fsp3) is 0.722. The summed E-state index contributed by atoms with van der Waals surface area (Å²) in [6.07, 6.45) is 3.95. The van der Waals surface area contributed by atoms with E-state index in [1.165, 1.54) is 49.3 Å². The summed E-state index contributed by atoms with van der Waals surface area (Å²) >= 11 is 0. The van der Waals surface area contributed by atoms with Crippen LogP contribution in [-0.4, -0.2) is 47.1 Å². The zero-order valence-corrected chi connectivity index (χ0v) is 14.0. The zero-order valence-electron chi connectivity index (χ0n) is 14.0. The summed E-state index contributed by atoms with van der Waals surface area (Å²) in [4.78, 5) is 9.99. The van der Waals surface area contributed by atoms with Gasteiger partial charge in [0, 0.05) is 30.5 Å². The summed E-state index contributed by atoms with van der Waals surface area (Å²) in [6, 6.07) is 2.83. The molecule has 116 valence electrons. The third-order valence-corrected chi connectivity index (χ3v) is 5.28. The summed E-state index contributed by atoms with van der Waals surface area (Å²) in [5.41, 5.74) is 5.22. The quantitative estimate of drug-likeness (QED) is 0.852. The lowest BCUT2D eigenvalue weighted by Gasteiger charge is -2.46. The van der Waals surface area contributed by atoms with E-state index in [-0.39, 0.29) is 0 Å². The molecule has 2 unspecified atom stereocenters. The van der Waals surface area contributed by atoms with Crippen LogP contribution in [0.1, 0.15) is 42.3 Å². The lowest BCUT2D eigenvalue weighted by atomic mass is 9.93. The molecule has 21 heavy (non-hydrogen) atoms. The fourth-order valence-corrected chi connectivity index (χ4v) is 4.18. The number of pyridine rings is 1. The Morgan fingerprint density at radius 3 is 2.81 bits per heavy atom. The highest BCUT2D eigenvalue weighted by atomic mass is 15.3. The van der Waals surface area contributed by atoms with Crippen LogP contribution in [0, 0.1) is 26.7 Å². The van der Waals surface area contributed by atoms with Gasteiger partial charge in [-0.1, -0.05) is 0 Å². The van der Waals surface area contributed by atoms with Gasteiger partial charge >= 0.3 is 0 Å². The van der Waals surface area contributed by atoms with Gasteiger partial charge in [-0.25, -0.2) is 0 Å². The summed E-state index contributed by atoms with van der Waals surface area (Å²) < 4.78 is 0. The summed E-state index contributed by atoms with van der Waals surface area (Å²) in [7, 11) is 0. The van der Waals surface area contributed by atoms with Gasteiger partial charge in [-0.3, -0.25) is 14.8 Å². The van der Waals surface area contributed by atoms with Crippen LogP contribution in [0.3, 0.4) is 0 Å². The van der Waals surface area contributed by atoms with Gasteiger partial charge in [-0.15, -0.1) is 0 Å². The maximum Gasteiger partial charge on any atom is 0.0509 e. The van der Waals surface area contributed by atoms with E-state index in [0.29, 0.717) is 6.04 Å². The third kappa shape index (κ3) is 3.29. The molecule has 3 heteroatoms. The first kappa shape index (κ1) is 15.0. The fourth-order valence-electron chi connectivity index (χ4n) is 4.18. The molecule has 0 aliphatic carbocycles. The number of rotatable bonds is 3. The number of hydrogen-bond donors (Lipinski definition) is 0. The van der Waals surface area contributed by atoms with Gasteiger partial charge in [0.2, 0.25) is 0 Å². The standard InChI is InChI=1S/C18H29N3/c1-13-8-14(2)19-16(4)18(13)9-15(3)21-11-17-6-5-7-20(10-17)12-21/h8,15,17H,5-7,9-12H2,1-4H3/t15-,17?/m1/s1. The van der Waals surface area contributed by atoms with Crippen molar-refractivity contribution in [2.24, 2.45) is 5.92 Å². The van der Waals surface area contributed by atoms with Gasteiger partial charge in [-0.2, -0.15) is 0 Å². The van der Waals surface area contributed by atoms with E-state index in [2.05, 4.69) is 48.5 Å². The highest BCUT2D eigenvalue weighted by molar-refractivity contribution is 5.31. The van der Waals surface area contributed by atoms with E-state index in [4.69, 9.17) is 0 Å². The minimum Gasteiger partial charge on any atom is -0.290 e. The summed E-state index contributed by atoms with van der Waals surface area (Å²) in [6.45, 7) is 13.9. The van der Waals surface area contributed by atoms with E-state index in [1.807, 2.05) is 0 Å². The Balaban J connectivity index is 1.70. The van der Waals surface area contributed by atoms with Crippen molar-refractivity contribution in [3.63, 3.8) is 0 Å². The first-order valence-corrected chi connectivity index (χ1v) is 8.43. The predicted octanol–water partition coefficient (Wildman–Crippen LogP) is 2.92. The maximum absolute atomic E-state index is 4.66. The van der Waals surface area contributed by atoms with Crippen molar-refractivity contribution < 1.29 is 0 Å². The lowest BCUT2D eigenvalue weighted by molar-refractivity contribution is -0.00221. The van der Waals surface area contributed by atoms with Crippen molar-refractivity contribution >= 4 is 0 Å². The number of aromatic nitrogens is 1. The average molecular weight is 287 g/mol. The van der Waals surface area contributed by atoms with Gasteiger partial charge in [0.25, 0.3) is 0 Å². The minimum atomic E-state index is 0.607. The molecule has 0 spiro atoms. The lowest BCUT2D eigenvalue weighted by Crippen LogP contribution is -2.55. The Bertz CT molecular complexity index is 476. The van der Waals surface area contributed by atoms with Crippen LogP contribution in [0.15, 0.2) is 6.07 Å². The van der Waals surface area contributed by atoms with Crippen LogP contribution in [0.25, 0.3) is 0 Å². The molecule has 0 saturated carbocycles. The Kier molecular flexibility index (Phi) is 4.32. The number of aryl methyl sites for hydroxylation is 3. The van der Waals surface area contributed by atoms with Gasteiger partial charge in [0.1, 0.15) is 0 Å². The first-order chi connectivity index (χ1) is 10.0. The molecule has 3 heterocycles. The highest BCUT2D eigenvalue weighted by Crippen LogP contribution is 2.25. The topological polar surface area (TPSA) is 19.4 Å². The molecule has 3 atom stereocenters. The Hall–Kier alpha value is -0.930. The molecule has 3 rings (SSSR count). The van der Waals surface area contributed by atoms with Crippen LogP contribution in [0.4, 0.5) is 0 Å². The molecule has 2 aliphatic heterocycles. The second-order valence-electron chi connectivity index (χ2n) is 7.20. The monoisotopic (exact) mass is 287 g/mol. The first-order valence-electron chi connectivity index (χ1n) is 8.43. The van der Waals surface area contributed by atoms with Crippen molar-refractivity contribution in [2.45, 2.75) is 53.0 Å². The zero-order chi connectivity index (χ0) is 15.0. The minimum absolute atomic E-state index is 0.607. The smallest absolute Gasteiger partial charge is 0.0509 e. The molecule has 0 aromatic carbocycles. The second kappa shape index (κ2) is 6.05. The van der Waals surface area contributed by atoms with E-state index < -0.39 is 0 Å². The molecule has 0 N–H and O–H groups in total. The van der Waals surface area contributed by atoms with Gasteiger partial charge in [-0.05, 0) is 76.6 Å². The molecule has 2 fully saturated rings. The van der Waals surface area contributed by atoms with Gasteiger partial charge in [0.15, 0.2) is 0 Å². The van der Waals surface area contributed by atoms with Crippen molar-refractivity contribution in [3.8, 4) is 0 Å². The molecule has 2 bridgehead atoms. The summed E-state index contributed by atoms with van der Waals surface area (Å²) in [5, 5.41) is 0. The van der Waals surface area contributed by atoms with Crippen molar-refractivity contribution in [3.05, 3.63) is 28.6 Å². The third-order valence-electron chi connectivity index (χ3n) is 5.28. The van der Waals surface area contributed by atoms with E-state index in [0.717, 1.165) is 24.7 Å². The van der Waals surface area contributed by atoms with E-state index in [1.54, 1.807) is 0 Å². The second-order valence-corrected chi connectivity index (χ2v) is 7.20. The number of fused-ring (bicyclic) bond motifs is 2. The van der Waals surface area contributed by atoms with Crippen molar-refractivity contribution in [1.29, 1.82) is 0 Å². The van der Waals surface area contributed by atoms with Crippen LogP contribution < -0.4 is 0 Å². The molecule has 2 aliphatic rings. The van der Waals surface area contributed by atoms with Crippen LogP contribution >= 0.6 is 0 Å². The molecular formula is C18H29N3. The Morgan fingerprint density at radius 2 is 2.10 bits per heavy atom. The van der Waals surface area contributed by atoms with Crippen molar-refractivity contribution in [2.75, 3.05) is 26.3 Å². The van der Waals surface area contributed by atoms with E-state index >= 15 is 0 Å². The van der Waals surface area contributed by atoms with Crippen molar-refractivity contribution in [1.82, 2.24) is 14.8 Å². The largest absolute Gasteiger partial charge is 0.290 e. The normalized spacial score (nSPS) is 27.6. The molecule has 3 nitrogen and oxygen atoms in total. The van der Waals surface area contributed by atoms with E-state index in [9.17, 15) is 0 Å². The Labute approximate surface area is 129 Å². The molecule has 2 saturated heterocycles. The maximum atomic E-state index is 4.66. The number of piperidine rings is 1. The molecule has 0 radical (unpaired) electrons.